The van der Waals surface area contributed by atoms with Crippen molar-refractivity contribution in [3.8, 4) is 11.4 Å². The van der Waals surface area contributed by atoms with Crippen molar-refractivity contribution in [2.45, 2.75) is 76.3 Å². The number of carboxylic acid groups (broad SMARTS) is 1. The Morgan fingerprint density at radius 1 is 0.773 bits per heavy atom. The average Bonchev–Trinajstić information content (AvgIpc) is 3.45. The summed E-state index contributed by atoms with van der Waals surface area (Å²) in [5.41, 5.74) is 4.83. The number of pyridine rings is 1. The first kappa shape index (κ1) is 28.5. The highest BCUT2D eigenvalue weighted by molar-refractivity contribution is 6.30. The van der Waals surface area contributed by atoms with Gasteiger partial charge < -0.3 is 14.6 Å². The van der Waals surface area contributed by atoms with E-state index in [0.29, 0.717) is 22.3 Å². The van der Waals surface area contributed by atoms with Crippen LogP contribution in [0, 0.1) is 0 Å². The number of amides is 1. The fourth-order valence-electron chi connectivity index (χ4n) is 7.09. The lowest BCUT2D eigenvalue weighted by Crippen LogP contribution is -2.42. The van der Waals surface area contributed by atoms with E-state index in [1.54, 1.807) is 12.1 Å². The van der Waals surface area contributed by atoms with Gasteiger partial charge in [-0.25, -0.2) is 14.8 Å². The van der Waals surface area contributed by atoms with Crippen LogP contribution in [0.3, 0.4) is 0 Å². The maximum atomic E-state index is 14.0. The third-order valence-corrected chi connectivity index (χ3v) is 9.56. The largest absolute Gasteiger partial charge is 0.478 e. The van der Waals surface area contributed by atoms with Gasteiger partial charge in [0.1, 0.15) is 11.5 Å². The number of imidazole rings is 1. The van der Waals surface area contributed by atoms with Crippen molar-refractivity contribution in [3.63, 3.8) is 0 Å². The van der Waals surface area contributed by atoms with E-state index in [0.717, 1.165) is 72.0 Å². The molecular formula is C36H35ClN4O3. The highest BCUT2D eigenvalue weighted by Crippen LogP contribution is 2.37. The minimum absolute atomic E-state index is 0.0986. The Morgan fingerprint density at radius 2 is 1.50 bits per heavy atom. The smallest absolute Gasteiger partial charge is 0.335 e. The molecule has 0 bridgehead atoms. The van der Waals surface area contributed by atoms with Crippen molar-refractivity contribution in [3.05, 3.63) is 89.1 Å². The fraction of sp³-hybridized carbons (Fsp3) is 0.333. The molecule has 2 aromatic heterocycles. The van der Waals surface area contributed by atoms with Crippen molar-refractivity contribution >= 4 is 51.1 Å². The Balaban J connectivity index is 1.26. The van der Waals surface area contributed by atoms with Crippen molar-refractivity contribution in [1.82, 2.24) is 14.5 Å². The van der Waals surface area contributed by atoms with E-state index >= 15 is 0 Å². The number of anilines is 1. The third kappa shape index (κ3) is 5.45. The highest BCUT2D eigenvalue weighted by atomic mass is 35.5. The van der Waals surface area contributed by atoms with Gasteiger partial charge in [0.15, 0.2) is 0 Å². The molecular weight excluding hydrogens is 572 g/mol. The lowest BCUT2D eigenvalue weighted by atomic mass is 9.93. The van der Waals surface area contributed by atoms with Crippen molar-refractivity contribution in [1.29, 1.82) is 0 Å². The molecule has 2 heterocycles. The maximum absolute atomic E-state index is 14.0. The normalized spacial score (nSPS) is 16.4. The Bertz CT molecular complexity index is 1850. The standard InChI is InChI=1S/C36H35ClN4O3/c37-26-14-16-29(17-15-26)40(27-7-3-1-4-8-27)35(42)31-19-11-23-21-24(12-18-30(23)38-31)34-39-32-22-25(36(43)44)13-20-33(32)41(34)28-9-5-2-6-10-28/h11-22,27-28H,1-10H2,(H,43,44). The van der Waals surface area contributed by atoms with Gasteiger partial charge in [-0.1, -0.05) is 56.2 Å². The predicted molar refractivity (Wildman–Crippen MR) is 175 cm³/mol. The molecule has 0 aliphatic heterocycles. The molecule has 3 aromatic carbocycles. The molecule has 7 rings (SSSR count). The summed E-state index contributed by atoms with van der Waals surface area (Å²) in [6.07, 6.45) is 11.1. The molecule has 0 radical (unpaired) electrons. The highest BCUT2D eigenvalue weighted by Gasteiger charge is 2.29. The van der Waals surface area contributed by atoms with E-state index in [4.69, 9.17) is 21.6 Å². The summed E-state index contributed by atoms with van der Waals surface area (Å²) in [6, 6.07) is 23.0. The molecule has 224 valence electrons. The average molecular weight is 607 g/mol. The third-order valence-electron chi connectivity index (χ3n) is 9.31. The van der Waals surface area contributed by atoms with Gasteiger partial charge in [0.2, 0.25) is 0 Å². The number of carbonyl (C=O) groups is 2. The number of hydrogen-bond acceptors (Lipinski definition) is 4. The van der Waals surface area contributed by atoms with Crippen LogP contribution in [-0.2, 0) is 0 Å². The summed E-state index contributed by atoms with van der Waals surface area (Å²) >= 11 is 6.17. The van der Waals surface area contributed by atoms with Crippen LogP contribution in [0.15, 0.2) is 72.8 Å². The molecule has 0 unspecified atom stereocenters. The second kappa shape index (κ2) is 12.0. The second-order valence-corrected chi connectivity index (χ2v) is 12.6. The number of halogens is 1. The minimum Gasteiger partial charge on any atom is -0.478 e. The number of carbonyl (C=O) groups excluding carboxylic acids is 1. The minimum atomic E-state index is -0.957. The summed E-state index contributed by atoms with van der Waals surface area (Å²) in [6.45, 7) is 0. The van der Waals surface area contributed by atoms with Crippen molar-refractivity contribution < 1.29 is 14.7 Å². The quantitative estimate of drug-likeness (QED) is 0.208. The molecule has 2 aliphatic carbocycles. The maximum Gasteiger partial charge on any atom is 0.335 e. The van der Waals surface area contributed by atoms with E-state index in [1.807, 2.05) is 59.5 Å². The monoisotopic (exact) mass is 606 g/mol. The van der Waals surface area contributed by atoms with Gasteiger partial charge in [0, 0.05) is 33.7 Å². The number of nitrogens with zero attached hydrogens (tertiary/aromatic N) is 4. The fourth-order valence-corrected chi connectivity index (χ4v) is 7.21. The van der Waals surface area contributed by atoms with Crippen LogP contribution in [0.25, 0.3) is 33.3 Å². The molecule has 7 nitrogen and oxygen atoms in total. The zero-order valence-electron chi connectivity index (χ0n) is 24.6. The first-order valence-electron chi connectivity index (χ1n) is 15.7. The summed E-state index contributed by atoms with van der Waals surface area (Å²) in [5.74, 6) is -0.220. The van der Waals surface area contributed by atoms with E-state index in [9.17, 15) is 14.7 Å². The van der Waals surface area contributed by atoms with E-state index in [2.05, 4.69) is 10.6 Å². The summed E-state index contributed by atoms with van der Waals surface area (Å²) in [5, 5.41) is 11.1. The molecule has 0 atom stereocenters. The first-order chi connectivity index (χ1) is 21.5. The molecule has 44 heavy (non-hydrogen) atoms. The molecule has 0 spiro atoms. The molecule has 5 aromatic rings. The van der Waals surface area contributed by atoms with Gasteiger partial charge in [-0.2, -0.15) is 0 Å². The Hall–Kier alpha value is -4.23. The number of aromatic carboxylic acids is 1. The molecule has 1 N–H and O–H groups in total. The molecule has 2 saturated carbocycles. The summed E-state index contributed by atoms with van der Waals surface area (Å²) < 4.78 is 2.31. The lowest BCUT2D eigenvalue weighted by molar-refractivity contribution is 0.0696. The zero-order chi connectivity index (χ0) is 30.2. The van der Waals surface area contributed by atoms with Gasteiger partial charge in [0.05, 0.1) is 22.1 Å². The van der Waals surface area contributed by atoms with E-state index in [-0.39, 0.29) is 17.5 Å². The topological polar surface area (TPSA) is 88.3 Å². The van der Waals surface area contributed by atoms with Gasteiger partial charge >= 0.3 is 5.97 Å². The van der Waals surface area contributed by atoms with Gasteiger partial charge in [-0.3, -0.25) is 4.79 Å². The van der Waals surface area contributed by atoms with E-state index in [1.165, 1.54) is 25.7 Å². The predicted octanol–water partition coefficient (Wildman–Crippen LogP) is 9.09. The van der Waals surface area contributed by atoms with Crippen LogP contribution in [0.1, 0.15) is 91.1 Å². The number of fused-ring (bicyclic) bond motifs is 2. The van der Waals surface area contributed by atoms with Crippen LogP contribution in [0.2, 0.25) is 5.02 Å². The van der Waals surface area contributed by atoms with Gasteiger partial charge in [-0.15, -0.1) is 0 Å². The van der Waals surface area contributed by atoms with Crippen LogP contribution in [0.4, 0.5) is 5.69 Å². The Morgan fingerprint density at radius 3 is 2.23 bits per heavy atom. The SMILES string of the molecule is O=C(O)c1ccc2c(c1)nc(-c1ccc3nc(C(=O)N(c4ccc(Cl)cc4)C4CCCCC4)ccc3c1)n2C1CCCCC1. The zero-order valence-corrected chi connectivity index (χ0v) is 25.3. The molecule has 2 fully saturated rings. The van der Waals surface area contributed by atoms with Crippen LogP contribution < -0.4 is 4.90 Å². The number of carboxylic acids is 1. The van der Waals surface area contributed by atoms with Crippen molar-refractivity contribution in [2.24, 2.45) is 0 Å². The molecule has 8 heteroatoms. The Labute approximate surface area is 261 Å². The number of benzene rings is 3. The van der Waals surface area contributed by atoms with Crippen LogP contribution in [-0.4, -0.2) is 37.6 Å². The molecule has 1 amide bonds. The van der Waals surface area contributed by atoms with Crippen LogP contribution in [0.5, 0.6) is 0 Å². The molecule has 0 saturated heterocycles. The second-order valence-electron chi connectivity index (χ2n) is 12.2. The summed E-state index contributed by atoms with van der Waals surface area (Å²) in [4.78, 5) is 37.4. The van der Waals surface area contributed by atoms with E-state index < -0.39 is 5.97 Å². The molecule has 2 aliphatic rings. The number of rotatable bonds is 6. The van der Waals surface area contributed by atoms with Crippen molar-refractivity contribution in [2.75, 3.05) is 4.90 Å². The Kier molecular flexibility index (Phi) is 7.81. The summed E-state index contributed by atoms with van der Waals surface area (Å²) in [7, 11) is 0. The number of hydrogen-bond donors (Lipinski definition) is 1. The van der Waals surface area contributed by atoms with Gasteiger partial charge in [0.25, 0.3) is 5.91 Å². The lowest BCUT2D eigenvalue weighted by Gasteiger charge is -2.34. The first-order valence-corrected chi connectivity index (χ1v) is 16.1. The van der Waals surface area contributed by atoms with Gasteiger partial charge in [-0.05, 0) is 92.4 Å². The van der Waals surface area contributed by atoms with Crippen LogP contribution >= 0.6 is 11.6 Å². The number of aromatic nitrogens is 3.